The number of nitrogens with zero attached hydrogens (tertiary/aromatic N) is 1. The van der Waals surface area contributed by atoms with Gasteiger partial charge in [-0.25, -0.2) is 0 Å². The van der Waals surface area contributed by atoms with Crippen molar-refractivity contribution in [2.75, 3.05) is 0 Å². The summed E-state index contributed by atoms with van der Waals surface area (Å²) in [5.41, 5.74) is 5.59. The highest BCUT2D eigenvalue weighted by Gasteiger charge is 2.30. The summed E-state index contributed by atoms with van der Waals surface area (Å²) in [5.74, 6) is 0. The molecule has 0 aliphatic heterocycles. The summed E-state index contributed by atoms with van der Waals surface area (Å²) >= 11 is 0. The highest BCUT2D eigenvalue weighted by Crippen LogP contribution is 2.45. The third-order valence-corrected chi connectivity index (χ3v) is 14.9. The standard InChI is InChI=1S/C48H51NP2/c1-8-9-30-49-45-41(31-35(47(2,3)4)33-43(45)50(37-22-14-10-15-23-37)38-24-16-11-17-25-38)42-32-36(48(5,6)7)34-44(46(42)49)51(39-26-18-12-19-27-39)40-28-20-13-21-29-40/h10-29,31-34H,8-9,30H2,1-7H3. The van der Waals surface area contributed by atoms with Crippen LogP contribution in [-0.2, 0) is 17.4 Å². The molecule has 51 heavy (non-hydrogen) atoms. The second-order valence-corrected chi connectivity index (χ2v) is 20.2. The van der Waals surface area contributed by atoms with E-state index in [1.165, 1.54) is 64.8 Å². The molecule has 1 aromatic heterocycles. The van der Waals surface area contributed by atoms with Gasteiger partial charge in [0.15, 0.2) is 0 Å². The molecule has 6 aromatic carbocycles. The second kappa shape index (κ2) is 14.5. The number of rotatable bonds is 9. The minimum absolute atomic E-state index is 0.0136. The molecule has 0 atom stereocenters. The first-order valence-corrected chi connectivity index (χ1v) is 21.2. The van der Waals surface area contributed by atoms with Gasteiger partial charge in [-0.2, -0.15) is 0 Å². The molecule has 1 heterocycles. The summed E-state index contributed by atoms with van der Waals surface area (Å²) in [6, 6.07) is 55.4. The van der Waals surface area contributed by atoms with Crippen molar-refractivity contribution in [2.45, 2.75) is 78.7 Å². The molecule has 0 aliphatic rings. The van der Waals surface area contributed by atoms with Crippen molar-refractivity contribution in [1.29, 1.82) is 0 Å². The predicted molar refractivity (Wildman–Crippen MR) is 229 cm³/mol. The Labute approximate surface area is 308 Å². The Morgan fingerprint density at radius 1 is 0.451 bits per heavy atom. The van der Waals surface area contributed by atoms with Crippen LogP contribution in [0.25, 0.3) is 21.8 Å². The Balaban J connectivity index is 1.70. The smallest absolute Gasteiger partial charge is 0.0576 e. The highest BCUT2D eigenvalue weighted by atomic mass is 31.1. The minimum Gasteiger partial charge on any atom is -0.339 e. The molecule has 0 fully saturated rings. The average molecular weight is 704 g/mol. The molecule has 0 unspecified atom stereocenters. The van der Waals surface area contributed by atoms with E-state index in [1.807, 2.05) is 0 Å². The van der Waals surface area contributed by atoms with Crippen LogP contribution in [0.15, 0.2) is 146 Å². The molecular weight excluding hydrogens is 652 g/mol. The number of aromatic nitrogens is 1. The lowest BCUT2D eigenvalue weighted by atomic mass is 9.85. The van der Waals surface area contributed by atoms with E-state index in [1.54, 1.807) is 0 Å². The van der Waals surface area contributed by atoms with Crippen molar-refractivity contribution in [2.24, 2.45) is 0 Å². The highest BCUT2D eigenvalue weighted by molar-refractivity contribution is 7.80. The van der Waals surface area contributed by atoms with Crippen LogP contribution in [0.1, 0.15) is 72.4 Å². The number of hydrogen-bond acceptors (Lipinski definition) is 0. The van der Waals surface area contributed by atoms with Gasteiger partial charge < -0.3 is 4.57 Å². The van der Waals surface area contributed by atoms with E-state index in [2.05, 4.69) is 199 Å². The van der Waals surface area contributed by atoms with Gasteiger partial charge in [0.2, 0.25) is 0 Å². The average Bonchev–Trinajstić information content (AvgIpc) is 3.45. The largest absolute Gasteiger partial charge is 0.339 e. The summed E-state index contributed by atoms with van der Waals surface area (Å²) in [5, 5.41) is 11.3. The van der Waals surface area contributed by atoms with Gasteiger partial charge in [0.05, 0.1) is 11.0 Å². The van der Waals surface area contributed by atoms with Crippen LogP contribution >= 0.6 is 15.8 Å². The van der Waals surface area contributed by atoms with Crippen molar-refractivity contribution < 1.29 is 0 Å². The molecule has 0 spiro atoms. The number of aryl methyl sites for hydroxylation is 1. The normalized spacial score (nSPS) is 12.4. The van der Waals surface area contributed by atoms with E-state index in [4.69, 9.17) is 0 Å². The molecule has 0 N–H and O–H groups in total. The van der Waals surface area contributed by atoms with Crippen LogP contribution in [-0.4, -0.2) is 4.57 Å². The van der Waals surface area contributed by atoms with Crippen molar-refractivity contribution in [3.05, 3.63) is 157 Å². The summed E-state index contributed by atoms with van der Waals surface area (Å²) in [6.45, 7) is 17.5. The minimum atomic E-state index is -0.836. The number of hydrogen-bond donors (Lipinski definition) is 0. The second-order valence-electron chi connectivity index (χ2n) is 15.8. The fourth-order valence-electron chi connectivity index (χ4n) is 7.24. The van der Waals surface area contributed by atoms with Gasteiger partial charge in [-0.05, 0) is 89.7 Å². The molecule has 0 saturated carbocycles. The van der Waals surface area contributed by atoms with E-state index >= 15 is 0 Å². The third kappa shape index (κ3) is 7.09. The fourth-order valence-corrected chi connectivity index (χ4v) is 12.3. The van der Waals surface area contributed by atoms with Crippen molar-refractivity contribution in [3.63, 3.8) is 0 Å². The van der Waals surface area contributed by atoms with Gasteiger partial charge >= 0.3 is 0 Å². The van der Waals surface area contributed by atoms with E-state index in [9.17, 15) is 0 Å². The maximum absolute atomic E-state index is 2.76. The molecular formula is C48H51NP2. The zero-order valence-corrected chi connectivity index (χ0v) is 33.1. The van der Waals surface area contributed by atoms with Gasteiger partial charge in [0, 0.05) is 27.9 Å². The Morgan fingerprint density at radius 3 is 1.04 bits per heavy atom. The van der Waals surface area contributed by atoms with Gasteiger partial charge in [-0.15, -0.1) is 0 Å². The molecule has 1 nitrogen and oxygen atoms in total. The van der Waals surface area contributed by atoms with Gasteiger partial charge in [-0.1, -0.05) is 176 Å². The fraction of sp³-hybridized carbons (Fsp3) is 0.250. The zero-order valence-electron chi connectivity index (χ0n) is 31.3. The van der Waals surface area contributed by atoms with E-state index in [-0.39, 0.29) is 10.8 Å². The van der Waals surface area contributed by atoms with Gasteiger partial charge in [-0.3, -0.25) is 0 Å². The summed E-state index contributed by atoms with van der Waals surface area (Å²) in [4.78, 5) is 0. The molecule has 0 aliphatic carbocycles. The lowest BCUT2D eigenvalue weighted by molar-refractivity contribution is 0.591. The van der Waals surface area contributed by atoms with Crippen molar-refractivity contribution in [1.82, 2.24) is 4.57 Å². The summed E-state index contributed by atoms with van der Waals surface area (Å²) in [7, 11) is -1.67. The Kier molecular flexibility index (Phi) is 10.1. The third-order valence-electron chi connectivity index (χ3n) is 10.0. The molecule has 3 heteroatoms. The Hall–Kier alpha value is -4.02. The molecule has 7 rings (SSSR count). The Morgan fingerprint density at radius 2 is 0.765 bits per heavy atom. The predicted octanol–water partition coefficient (Wildman–Crippen LogP) is 10.7. The summed E-state index contributed by atoms with van der Waals surface area (Å²) < 4.78 is 2.76. The van der Waals surface area contributed by atoms with Crippen LogP contribution < -0.4 is 31.8 Å². The maximum Gasteiger partial charge on any atom is 0.0576 e. The monoisotopic (exact) mass is 703 g/mol. The van der Waals surface area contributed by atoms with Crippen LogP contribution in [0.5, 0.6) is 0 Å². The van der Waals surface area contributed by atoms with Crippen LogP contribution in [0.4, 0.5) is 0 Å². The lowest BCUT2D eigenvalue weighted by Crippen LogP contribution is -2.26. The SMILES string of the molecule is CCCCn1c2c(P(c3ccccc3)c3ccccc3)cc(C(C)(C)C)cc2c2cc(C(C)(C)C)cc(P(c3ccccc3)c3ccccc3)c21. The first-order chi connectivity index (χ1) is 24.6. The zero-order chi connectivity index (χ0) is 35.8. The molecule has 0 bridgehead atoms. The van der Waals surface area contributed by atoms with Crippen molar-refractivity contribution in [3.8, 4) is 0 Å². The number of unbranched alkanes of at least 4 members (excludes halogenated alkanes) is 1. The molecule has 258 valence electrons. The van der Waals surface area contributed by atoms with E-state index in [0.717, 1.165) is 19.4 Å². The first-order valence-electron chi connectivity index (χ1n) is 18.5. The topological polar surface area (TPSA) is 4.93 Å². The van der Waals surface area contributed by atoms with Gasteiger partial charge in [0.25, 0.3) is 0 Å². The molecule has 0 amide bonds. The van der Waals surface area contributed by atoms with Gasteiger partial charge in [0.1, 0.15) is 0 Å². The van der Waals surface area contributed by atoms with Crippen LogP contribution in [0, 0.1) is 0 Å². The van der Waals surface area contributed by atoms with E-state index in [0.29, 0.717) is 0 Å². The van der Waals surface area contributed by atoms with E-state index < -0.39 is 15.8 Å². The van der Waals surface area contributed by atoms with Crippen LogP contribution in [0.3, 0.4) is 0 Å². The van der Waals surface area contributed by atoms with Crippen molar-refractivity contribution >= 4 is 69.5 Å². The van der Waals surface area contributed by atoms with Crippen LogP contribution in [0.2, 0.25) is 0 Å². The maximum atomic E-state index is 2.76. The lowest BCUT2D eigenvalue weighted by Gasteiger charge is -2.27. The Bertz CT molecular complexity index is 2000. The molecule has 7 aromatic rings. The quantitative estimate of drug-likeness (QED) is 0.132. The molecule has 0 saturated heterocycles. The first kappa shape index (κ1) is 35.4. The molecule has 0 radical (unpaired) electrons. The number of fused-ring (bicyclic) bond motifs is 3. The summed E-state index contributed by atoms with van der Waals surface area (Å²) in [6.07, 6.45) is 2.27. The number of benzene rings is 6.